The number of carbonyl (C=O) groups is 2. The van der Waals surface area contributed by atoms with Gasteiger partial charge >= 0.3 is 0 Å². The normalized spacial score (nSPS) is 16.9. The highest BCUT2D eigenvalue weighted by atomic mass is 32.2. The Morgan fingerprint density at radius 1 is 1.15 bits per heavy atom. The molecule has 166 valence electrons. The van der Waals surface area contributed by atoms with E-state index in [2.05, 4.69) is 5.32 Å². The summed E-state index contributed by atoms with van der Waals surface area (Å²) in [5.41, 5.74) is 1.44. The zero-order chi connectivity index (χ0) is 23.2. The van der Waals surface area contributed by atoms with Gasteiger partial charge in [0.2, 0.25) is 5.91 Å². The summed E-state index contributed by atoms with van der Waals surface area (Å²) in [5.74, 6) is 0.453. The topological polar surface area (TPSA) is 95.6 Å². The fourth-order valence-corrected chi connectivity index (χ4v) is 4.76. The minimum absolute atomic E-state index is 0.119. The van der Waals surface area contributed by atoms with Crippen LogP contribution in [0.4, 0.5) is 5.69 Å². The zero-order valence-electron chi connectivity index (χ0n) is 17.9. The quantitative estimate of drug-likeness (QED) is 0.423. The van der Waals surface area contributed by atoms with Crippen molar-refractivity contribution >= 4 is 29.3 Å². The summed E-state index contributed by atoms with van der Waals surface area (Å²) in [4.78, 5) is 27.8. The molecule has 0 bridgehead atoms. The number of amides is 2. The van der Waals surface area contributed by atoms with Crippen molar-refractivity contribution in [1.29, 1.82) is 5.26 Å². The Hall–Kier alpha value is -3.96. The number of nitriles is 1. The number of nitrogens with zero attached hydrogens (tertiary/aromatic N) is 2. The van der Waals surface area contributed by atoms with Gasteiger partial charge in [-0.15, -0.1) is 0 Å². The Morgan fingerprint density at radius 3 is 2.55 bits per heavy atom. The lowest BCUT2D eigenvalue weighted by Crippen LogP contribution is -2.32. The maximum atomic E-state index is 13.4. The first-order valence-corrected chi connectivity index (χ1v) is 11.1. The SMILES string of the molecule is COc1ccc(N2C(=O)C(Cc3ccccc3)S/C2=C(/C#N)C(=O)NCc2ccco2)cc1. The van der Waals surface area contributed by atoms with Crippen LogP contribution in [-0.2, 0) is 22.6 Å². The number of nitrogens with one attached hydrogen (secondary N) is 1. The molecule has 2 aromatic carbocycles. The fourth-order valence-electron chi connectivity index (χ4n) is 3.45. The minimum Gasteiger partial charge on any atom is -0.497 e. The molecular weight excluding hydrogens is 438 g/mol. The van der Waals surface area contributed by atoms with E-state index in [1.54, 1.807) is 43.5 Å². The number of furan rings is 1. The fraction of sp³-hybridized carbons (Fsp3) is 0.160. The number of thioether (sulfide) groups is 1. The van der Waals surface area contributed by atoms with E-state index < -0.39 is 11.2 Å². The number of anilines is 1. The average molecular weight is 460 g/mol. The predicted octanol–water partition coefficient (Wildman–Crippen LogP) is 4.03. The third-order valence-electron chi connectivity index (χ3n) is 5.10. The van der Waals surface area contributed by atoms with Crippen molar-refractivity contribution in [3.8, 4) is 11.8 Å². The largest absolute Gasteiger partial charge is 0.497 e. The average Bonchev–Trinajstić information content (AvgIpc) is 3.47. The number of carbonyl (C=O) groups excluding carboxylic acids is 2. The second-order valence-electron chi connectivity index (χ2n) is 7.22. The molecule has 2 amide bonds. The van der Waals surface area contributed by atoms with Gasteiger partial charge in [0.25, 0.3) is 5.91 Å². The molecule has 1 saturated heterocycles. The van der Waals surface area contributed by atoms with E-state index in [9.17, 15) is 14.9 Å². The number of hydrogen-bond acceptors (Lipinski definition) is 6. The van der Waals surface area contributed by atoms with Crippen LogP contribution in [0.3, 0.4) is 0 Å². The molecule has 2 heterocycles. The number of rotatable bonds is 7. The smallest absolute Gasteiger partial charge is 0.265 e. The lowest BCUT2D eigenvalue weighted by molar-refractivity contribution is -0.117. The lowest BCUT2D eigenvalue weighted by atomic mass is 10.1. The minimum atomic E-state index is -0.567. The molecule has 1 N–H and O–H groups in total. The summed E-state index contributed by atoms with van der Waals surface area (Å²) in [6.45, 7) is 0.138. The van der Waals surface area contributed by atoms with Gasteiger partial charge in [-0.05, 0) is 48.4 Å². The van der Waals surface area contributed by atoms with E-state index in [0.717, 1.165) is 5.56 Å². The van der Waals surface area contributed by atoms with Crippen molar-refractivity contribution in [2.24, 2.45) is 0 Å². The second-order valence-corrected chi connectivity index (χ2v) is 8.41. The van der Waals surface area contributed by atoms with E-state index in [-0.39, 0.29) is 18.0 Å². The van der Waals surface area contributed by atoms with E-state index in [1.807, 2.05) is 36.4 Å². The van der Waals surface area contributed by atoms with Gasteiger partial charge in [0.15, 0.2) is 0 Å². The zero-order valence-corrected chi connectivity index (χ0v) is 18.7. The Kier molecular flexibility index (Phi) is 6.81. The van der Waals surface area contributed by atoms with Gasteiger partial charge < -0.3 is 14.5 Å². The number of methoxy groups -OCH3 is 1. The Morgan fingerprint density at radius 2 is 1.91 bits per heavy atom. The molecule has 0 saturated carbocycles. The molecule has 0 aliphatic carbocycles. The number of benzene rings is 2. The summed E-state index contributed by atoms with van der Waals surface area (Å²) in [5, 5.41) is 12.4. The maximum absolute atomic E-state index is 13.4. The van der Waals surface area contributed by atoms with Crippen LogP contribution in [-0.4, -0.2) is 24.2 Å². The number of ether oxygens (including phenoxy) is 1. The molecule has 3 aromatic rings. The molecule has 1 unspecified atom stereocenters. The maximum Gasteiger partial charge on any atom is 0.265 e. The van der Waals surface area contributed by atoms with E-state index in [0.29, 0.717) is 28.6 Å². The molecule has 1 aliphatic heterocycles. The molecule has 1 fully saturated rings. The van der Waals surface area contributed by atoms with Crippen molar-refractivity contribution in [3.63, 3.8) is 0 Å². The highest BCUT2D eigenvalue weighted by Crippen LogP contribution is 2.42. The van der Waals surface area contributed by atoms with Crippen LogP contribution in [0.2, 0.25) is 0 Å². The first-order chi connectivity index (χ1) is 16.1. The van der Waals surface area contributed by atoms with Crippen molar-refractivity contribution in [2.75, 3.05) is 12.0 Å². The van der Waals surface area contributed by atoms with Gasteiger partial charge in [-0.2, -0.15) is 5.26 Å². The van der Waals surface area contributed by atoms with Crippen LogP contribution >= 0.6 is 11.8 Å². The molecule has 33 heavy (non-hydrogen) atoms. The molecule has 1 atom stereocenters. The van der Waals surface area contributed by atoms with Crippen molar-refractivity contribution in [2.45, 2.75) is 18.2 Å². The second kappa shape index (κ2) is 10.1. The molecule has 1 aromatic heterocycles. The van der Waals surface area contributed by atoms with Gasteiger partial charge in [0.05, 0.1) is 25.2 Å². The summed E-state index contributed by atoms with van der Waals surface area (Å²) in [6.07, 6.45) is 1.99. The van der Waals surface area contributed by atoms with Crippen molar-refractivity contribution in [1.82, 2.24) is 5.32 Å². The van der Waals surface area contributed by atoms with Crippen LogP contribution in [0.15, 0.2) is 88.0 Å². The molecule has 1 aliphatic rings. The lowest BCUT2D eigenvalue weighted by Gasteiger charge is -2.19. The highest BCUT2D eigenvalue weighted by molar-refractivity contribution is 8.05. The Balaban J connectivity index is 1.68. The Bertz CT molecular complexity index is 1200. The summed E-state index contributed by atoms with van der Waals surface area (Å²) < 4.78 is 10.5. The van der Waals surface area contributed by atoms with Crippen LogP contribution in [0.1, 0.15) is 11.3 Å². The number of hydrogen-bond donors (Lipinski definition) is 1. The molecule has 0 radical (unpaired) electrons. The molecule has 0 spiro atoms. The first kappa shape index (κ1) is 22.2. The van der Waals surface area contributed by atoms with Crippen LogP contribution in [0.25, 0.3) is 0 Å². The van der Waals surface area contributed by atoms with Gasteiger partial charge in [-0.3, -0.25) is 14.5 Å². The summed E-state index contributed by atoms with van der Waals surface area (Å²) in [7, 11) is 1.56. The van der Waals surface area contributed by atoms with E-state index in [1.165, 1.54) is 22.9 Å². The van der Waals surface area contributed by atoms with Crippen molar-refractivity contribution in [3.05, 3.63) is 94.9 Å². The van der Waals surface area contributed by atoms with Crippen LogP contribution in [0.5, 0.6) is 5.75 Å². The molecule has 7 nitrogen and oxygen atoms in total. The standard InChI is InChI=1S/C25H21N3O4S/c1-31-19-11-9-18(10-12-19)28-24(30)22(14-17-6-3-2-4-7-17)33-25(28)21(15-26)23(29)27-16-20-8-5-13-32-20/h2-13,22H,14,16H2,1H3,(H,27,29)/b25-21-. The van der Waals surface area contributed by atoms with E-state index >= 15 is 0 Å². The molecular formula is C25H21N3O4S. The van der Waals surface area contributed by atoms with Crippen LogP contribution in [0, 0.1) is 11.3 Å². The van der Waals surface area contributed by atoms with Gasteiger partial charge in [-0.1, -0.05) is 42.1 Å². The van der Waals surface area contributed by atoms with Crippen LogP contribution < -0.4 is 15.0 Å². The third-order valence-corrected chi connectivity index (χ3v) is 6.37. The van der Waals surface area contributed by atoms with Gasteiger partial charge in [0.1, 0.15) is 28.2 Å². The van der Waals surface area contributed by atoms with Gasteiger partial charge in [0, 0.05) is 5.69 Å². The summed E-state index contributed by atoms with van der Waals surface area (Å²) >= 11 is 1.23. The van der Waals surface area contributed by atoms with E-state index in [4.69, 9.17) is 9.15 Å². The highest BCUT2D eigenvalue weighted by Gasteiger charge is 2.40. The monoisotopic (exact) mass is 459 g/mol. The molecule has 4 rings (SSSR count). The predicted molar refractivity (Wildman–Crippen MR) is 125 cm³/mol. The first-order valence-electron chi connectivity index (χ1n) is 10.2. The molecule has 8 heteroatoms. The third kappa shape index (κ3) is 4.94. The van der Waals surface area contributed by atoms with Crippen molar-refractivity contribution < 1.29 is 18.7 Å². The Labute approximate surface area is 195 Å². The van der Waals surface area contributed by atoms with Gasteiger partial charge in [-0.25, -0.2) is 0 Å². The summed E-state index contributed by atoms with van der Waals surface area (Å²) in [6, 6.07) is 22.0.